The molecule has 1 rings (SSSR count). The van der Waals surface area contributed by atoms with Gasteiger partial charge in [-0.1, -0.05) is 6.92 Å². The Morgan fingerprint density at radius 2 is 2.05 bits per heavy atom. The fraction of sp³-hybridized carbons (Fsp3) is 0.933. The number of nitrogens with zero attached hydrogens (tertiary/aromatic N) is 1. The Hall–Kier alpha value is -0.610. The third-order valence-electron chi connectivity index (χ3n) is 4.24. The molecule has 0 aromatic carbocycles. The average molecular weight is 269 g/mol. The molecule has 1 unspecified atom stereocenters. The molecule has 1 aliphatic rings. The zero-order chi connectivity index (χ0) is 14.1. The second-order valence-electron chi connectivity index (χ2n) is 6.11. The van der Waals surface area contributed by atoms with Crippen molar-refractivity contribution in [2.24, 2.45) is 17.6 Å². The smallest absolute Gasteiger partial charge is 0.220 e. The van der Waals surface area contributed by atoms with E-state index in [1.807, 2.05) is 0 Å². The van der Waals surface area contributed by atoms with Gasteiger partial charge >= 0.3 is 0 Å². The number of hydrogen-bond acceptors (Lipinski definition) is 3. The SMILES string of the molecule is CC(CCN)CCC(=O)NCCC1CCN(C)CC1. The molecular formula is C15H31N3O. The van der Waals surface area contributed by atoms with Crippen LogP contribution in [-0.2, 0) is 4.79 Å². The minimum absolute atomic E-state index is 0.205. The van der Waals surface area contributed by atoms with Crippen LogP contribution in [0.25, 0.3) is 0 Å². The number of carbonyl (C=O) groups excluding carboxylic acids is 1. The summed E-state index contributed by atoms with van der Waals surface area (Å²) in [7, 11) is 2.18. The van der Waals surface area contributed by atoms with Crippen molar-refractivity contribution in [3.05, 3.63) is 0 Å². The predicted molar refractivity (Wildman–Crippen MR) is 79.9 cm³/mol. The van der Waals surface area contributed by atoms with Crippen LogP contribution in [0.5, 0.6) is 0 Å². The summed E-state index contributed by atoms with van der Waals surface area (Å²) < 4.78 is 0. The number of nitrogens with one attached hydrogen (secondary N) is 1. The fourth-order valence-corrected chi connectivity index (χ4v) is 2.66. The second kappa shape index (κ2) is 9.32. The van der Waals surface area contributed by atoms with E-state index in [2.05, 4.69) is 24.2 Å². The topological polar surface area (TPSA) is 58.4 Å². The van der Waals surface area contributed by atoms with Gasteiger partial charge in [0.05, 0.1) is 0 Å². The molecule has 3 N–H and O–H groups in total. The number of carbonyl (C=O) groups is 1. The van der Waals surface area contributed by atoms with E-state index in [-0.39, 0.29) is 5.91 Å². The van der Waals surface area contributed by atoms with Crippen LogP contribution in [-0.4, -0.2) is 44.0 Å². The van der Waals surface area contributed by atoms with Crippen LogP contribution in [0.2, 0.25) is 0 Å². The number of piperidine rings is 1. The minimum atomic E-state index is 0.205. The van der Waals surface area contributed by atoms with Crippen molar-refractivity contribution < 1.29 is 4.79 Å². The van der Waals surface area contributed by atoms with Crippen LogP contribution in [0.4, 0.5) is 0 Å². The first kappa shape index (κ1) is 16.4. The Kier molecular flexibility index (Phi) is 8.07. The lowest BCUT2D eigenvalue weighted by atomic mass is 9.94. The monoisotopic (exact) mass is 269 g/mol. The van der Waals surface area contributed by atoms with Gasteiger partial charge in [-0.25, -0.2) is 0 Å². The van der Waals surface area contributed by atoms with Crippen molar-refractivity contribution in [3.8, 4) is 0 Å². The van der Waals surface area contributed by atoms with Gasteiger partial charge in [-0.15, -0.1) is 0 Å². The molecule has 0 bridgehead atoms. The highest BCUT2D eigenvalue weighted by molar-refractivity contribution is 5.75. The summed E-state index contributed by atoms with van der Waals surface area (Å²) >= 11 is 0. The van der Waals surface area contributed by atoms with E-state index in [1.165, 1.54) is 25.9 Å². The molecule has 1 fully saturated rings. The van der Waals surface area contributed by atoms with E-state index >= 15 is 0 Å². The maximum atomic E-state index is 11.7. The molecule has 19 heavy (non-hydrogen) atoms. The molecule has 112 valence electrons. The Bertz CT molecular complexity index is 250. The maximum absolute atomic E-state index is 11.7. The summed E-state index contributed by atoms with van der Waals surface area (Å²) in [6, 6.07) is 0. The summed E-state index contributed by atoms with van der Waals surface area (Å²) in [4.78, 5) is 14.1. The van der Waals surface area contributed by atoms with E-state index in [9.17, 15) is 4.79 Å². The van der Waals surface area contributed by atoms with Crippen LogP contribution >= 0.6 is 0 Å². The van der Waals surface area contributed by atoms with E-state index in [0.717, 1.165) is 38.3 Å². The number of rotatable bonds is 8. The summed E-state index contributed by atoms with van der Waals surface area (Å²) in [6.07, 6.45) is 6.31. The quantitative estimate of drug-likeness (QED) is 0.703. The molecule has 1 saturated heterocycles. The minimum Gasteiger partial charge on any atom is -0.356 e. The Morgan fingerprint density at radius 1 is 1.37 bits per heavy atom. The van der Waals surface area contributed by atoms with Gasteiger partial charge in [-0.2, -0.15) is 0 Å². The molecule has 4 heteroatoms. The molecule has 0 radical (unpaired) electrons. The number of nitrogens with two attached hydrogens (primary N) is 1. The molecule has 0 saturated carbocycles. The Morgan fingerprint density at radius 3 is 2.68 bits per heavy atom. The van der Waals surface area contributed by atoms with Gasteiger partial charge in [-0.3, -0.25) is 4.79 Å². The van der Waals surface area contributed by atoms with Gasteiger partial charge in [-0.05, 0) is 70.6 Å². The van der Waals surface area contributed by atoms with Crippen molar-refractivity contribution >= 4 is 5.91 Å². The molecule has 1 amide bonds. The zero-order valence-electron chi connectivity index (χ0n) is 12.7. The lowest BCUT2D eigenvalue weighted by molar-refractivity contribution is -0.121. The van der Waals surface area contributed by atoms with Gasteiger partial charge in [0.2, 0.25) is 5.91 Å². The fourth-order valence-electron chi connectivity index (χ4n) is 2.66. The first-order valence-electron chi connectivity index (χ1n) is 7.77. The van der Waals surface area contributed by atoms with Crippen molar-refractivity contribution in [1.29, 1.82) is 0 Å². The van der Waals surface area contributed by atoms with E-state index < -0.39 is 0 Å². The lowest BCUT2D eigenvalue weighted by Gasteiger charge is -2.28. The normalized spacial score (nSPS) is 19.3. The zero-order valence-corrected chi connectivity index (χ0v) is 12.7. The van der Waals surface area contributed by atoms with Gasteiger partial charge in [0, 0.05) is 13.0 Å². The summed E-state index contributed by atoms with van der Waals surface area (Å²) in [5, 5.41) is 3.05. The van der Waals surface area contributed by atoms with Crippen LogP contribution in [0.3, 0.4) is 0 Å². The second-order valence-corrected chi connectivity index (χ2v) is 6.11. The number of amides is 1. The van der Waals surface area contributed by atoms with Gasteiger partial charge in [0.25, 0.3) is 0 Å². The molecule has 1 aliphatic heterocycles. The van der Waals surface area contributed by atoms with Gasteiger partial charge in [0.1, 0.15) is 0 Å². The Balaban J connectivity index is 2.01. The lowest BCUT2D eigenvalue weighted by Crippen LogP contribution is -2.32. The molecule has 0 spiro atoms. The molecule has 1 atom stereocenters. The molecule has 1 heterocycles. The first-order valence-corrected chi connectivity index (χ1v) is 7.77. The third-order valence-corrected chi connectivity index (χ3v) is 4.24. The standard InChI is InChI=1S/C15H31N3O/c1-13(5-9-16)3-4-15(19)17-10-6-14-7-11-18(2)12-8-14/h13-14H,3-12,16H2,1-2H3,(H,17,19). The summed E-state index contributed by atoms with van der Waals surface area (Å²) in [5.74, 6) is 1.56. The molecule has 4 nitrogen and oxygen atoms in total. The number of likely N-dealkylation sites (tertiary alicyclic amines) is 1. The molecule has 0 aromatic heterocycles. The first-order chi connectivity index (χ1) is 9.11. The largest absolute Gasteiger partial charge is 0.356 e. The van der Waals surface area contributed by atoms with E-state index in [0.29, 0.717) is 12.3 Å². The van der Waals surface area contributed by atoms with Crippen molar-refractivity contribution in [1.82, 2.24) is 10.2 Å². The van der Waals surface area contributed by atoms with Gasteiger partial charge in [0.15, 0.2) is 0 Å². The molecule has 0 aliphatic carbocycles. The highest BCUT2D eigenvalue weighted by Gasteiger charge is 2.16. The highest BCUT2D eigenvalue weighted by atomic mass is 16.1. The van der Waals surface area contributed by atoms with E-state index in [1.54, 1.807) is 0 Å². The number of hydrogen-bond donors (Lipinski definition) is 2. The summed E-state index contributed by atoms with van der Waals surface area (Å²) in [6.45, 7) is 6.14. The predicted octanol–water partition coefficient (Wildman–Crippen LogP) is 1.60. The van der Waals surface area contributed by atoms with Gasteiger partial charge < -0.3 is 16.0 Å². The van der Waals surface area contributed by atoms with Crippen LogP contribution in [0.15, 0.2) is 0 Å². The van der Waals surface area contributed by atoms with Crippen molar-refractivity contribution in [2.45, 2.75) is 45.4 Å². The highest BCUT2D eigenvalue weighted by Crippen LogP contribution is 2.18. The maximum Gasteiger partial charge on any atom is 0.220 e. The van der Waals surface area contributed by atoms with Crippen molar-refractivity contribution in [2.75, 3.05) is 33.2 Å². The summed E-state index contributed by atoms with van der Waals surface area (Å²) in [5.41, 5.74) is 5.50. The average Bonchev–Trinajstić information content (AvgIpc) is 2.39. The van der Waals surface area contributed by atoms with Crippen molar-refractivity contribution in [3.63, 3.8) is 0 Å². The van der Waals surface area contributed by atoms with Crippen LogP contribution in [0.1, 0.15) is 45.4 Å². The third kappa shape index (κ3) is 7.53. The Labute approximate surface area is 118 Å². The van der Waals surface area contributed by atoms with Crippen LogP contribution < -0.4 is 11.1 Å². The van der Waals surface area contributed by atoms with Crippen LogP contribution in [0, 0.1) is 11.8 Å². The van der Waals surface area contributed by atoms with E-state index in [4.69, 9.17) is 5.73 Å². The molecule has 0 aromatic rings. The molecular weight excluding hydrogens is 238 g/mol.